The number of ether oxygens (including phenoxy) is 1. The molecule has 7 nitrogen and oxygen atoms in total. The second-order valence-electron chi connectivity index (χ2n) is 9.91. The highest BCUT2D eigenvalue weighted by atomic mass is 19.1. The van der Waals surface area contributed by atoms with Crippen LogP contribution in [0.25, 0.3) is 11.1 Å². The summed E-state index contributed by atoms with van der Waals surface area (Å²) in [7, 11) is 1.78. The molecule has 33 heavy (non-hydrogen) atoms. The highest BCUT2D eigenvalue weighted by Gasteiger charge is 2.52. The van der Waals surface area contributed by atoms with E-state index < -0.39 is 11.5 Å². The van der Waals surface area contributed by atoms with E-state index in [-0.39, 0.29) is 11.5 Å². The molecule has 0 bridgehead atoms. The summed E-state index contributed by atoms with van der Waals surface area (Å²) in [5.74, 6) is -0.479. The number of nitrogens with zero attached hydrogens (tertiary/aromatic N) is 5. The summed E-state index contributed by atoms with van der Waals surface area (Å²) >= 11 is 0. The highest BCUT2D eigenvalue weighted by molar-refractivity contribution is 5.69. The van der Waals surface area contributed by atoms with Gasteiger partial charge in [0.2, 0.25) is 0 Å². The number of amides is 1. The van der Waals surface area contributed by atoms with Gasteiger partial charge in [-0.3, -0.25) is 9.67 Å². The predicted octanol–water partition coefficient (Wildman–Crippen LogP) is 3.89. The van der Waals surface area contributed by atoms with E-state index in [9.17, 15) is 9.18 Å². The minimum absolute atomic E-state index is 0.188. The van der Waals surface area contributed by atoms with E-state index in [1.165, 1.54) is 6.07 Å². The van der Waals surface area contributed by atoms with Crippen LogP contribution in [0.15, 0.2) is 24.7 Å². The van der Waals surface area contributed by atoms with E-state index in [1.807, 2.05) is 6.92 Å². The van der Waals surface area contributed by atoms with Crippen molar-refractivity contribution >= 4 is 6.09 Å². The maximum Gasteiger partial charge on any atom is 0.409 e. The molecule has 1 saturated carbocycles. The first-order valence-corrected chi connectivity index (χ1v) is 11.8. The number of hydrogen-bond donors (Lipinski definition) is 0. The molecule has 2 saturated heterocycles. The van der Waals surface area contributed by atoms with Crippen LogP contribution in [-0.4, -0.2) is 69.5 Å². The van der Waals surface area contributed by atoms with Crippen molar-refractivity contribution in [2.24, 2.45) is 12.5 Å². The molecule has 3 aliphatic rings. The summed E-state index contributed by atoms with van der Waals surface area (Å²) in [6, 6.07) is 1.78. The van der Waals surface area contributed by atoms with Crippen LogP contribution in [0.5, 0.6) is 0 Å². The van der Waals surface area contributed by atoms with E-state index in [4.69, 9.17) is 4.74 Å². The van der Waals surface area contributed by atoms with Gasteiger partial charge >= 0.3 is 6.09 Å². The number of rotatable bonds is 4. The summed E-state index contributed by atoms with van der Waals surface area (Å²) < 4.78 is 36.9. The molecule has 1 aliphatic carbocycles. The van der Waals surface area contributed by atoms with Gasteiger partial charge in [-0.1, -0.05) is 0 Å². The van der Waals surface area contributed by atoms with Crippen LogP contribution in [-0.2, 0) is 17.5 Å². The number of halogens is 2. The Morgan fingerprint density at radius 1 is 1.24 bits per heavy atom. The molecule has 9 heteroatoms. The Morgan fingerprint density at radius 2 is 2.00 bits per heavy atom. The van der Waals surface area contributed by atoms with Gasteiger partial charge in [-0.2, -0.15) is 5.10 Å². The number of aryl methyl sites for hydroxylation is 1. The van der Waals surface area contributed by atoms with Crippen LogP contribution < -0.4 is 0 Å². The standard InChI is InChI=1S/C24H31F2N5O2/c1-3-33-22(32)31-15-23(16-31)5-4-19(11-23)30-8-6-24(26,7-9-30)21-20(10-18(25)13-27-21)17-12-28-29(2)14-17/h10,12-14,19H,3-9,11,15-16H2,1-2H3/t19-/m1/s1. The van der Waals surface area contributed by atoms with Gasteiger partial charge in [-0.15, -0.1) is 0 Å². The summed E-state index contributed by atoms with van der Waals surface area (Å²) in [6.45, 7) is 5.03. The van der Waals surface area contributed by atoms with Crippen molar-refractivity contribution in [3.63, 3.8) is 0 Å². The van der Waals surface area contributed by atoms with Gasteiger partial charge in [0.15, 0.2) is 5.67 Å². The zero-order valence-corrected chi connectivity index (χ0v) is 19.3. The molecule has 0 unspecified atom stereocenters. The van der Waals surface area contributed by atoms with E-state index >= 15 is 4.39 Å². The van der Waals surface area contributed by atoms with Crippen LogP contribution in [0.3, 0.4) is 0 Å². The Labute approximate surface area is 192 Å². The molecule has 2 aliphatic heterocycles. The first-order chi connectivity index (χ1) is 15.8. The fourth-order valence-electron chi connectivity index (χ4n) is 5.94. The average Bonchev–Trinajstić information content (AvgIpc) is 3.40. The number of carbonyl (C=O) groups excluding carboxylic acids is 1. The summed E-state index contributed by atoms with van der Waals surface area (Å²) in [5, 5.41) is 4.15. The average molecular weight is 460 g/mol. The van der Waals surface area contributed by atoms with Gasteiger partial charge in [-0.05, 0) is 45.1 Å². The van der Waals surface area contributed by atoms with Crippen LogP contribution >= 0.6 is 0 Å². The van der Waals surface area contributed by atoms with Crippen LogP contribution in [0.4, 0.5) is 13.6 Å². The Morgan fingerprint density at radius 3 is 2.67 bits per heavy atom. The lowest BCUT2D eigenvalue weighted by Gasteiger charge is -2.48. The molecule has 5 rings (SSSR count). The fourth-order valence-corrected chi connectivity index (χ4v) is 5.94. The van der Waals surface area contributed by atoms with Gasteiger partial charge in [-0.25, -0.2) is 13.6 Å². The molecule has 4 heterocycles. The molecule has 3 fully saturated rings. The third kappa shape index (κ3) is 4.11. The second kappa shape index (κ2) is 8.34. The lowest BCUT2D eigenvalue weighted by Crippen LogP contribution is -2.58. The second-order valence-corrected chi connectivity index (χ2v) is 9.91. The molecule has 2 aromatic heterocycles. The van der Waals surface area contributed by atoms with Crippen molar-refractivity contribution in [1.29, 1.82) is 0 Å². The summed E-state index contributed by atoms with van der Waals surface area (Å²) in [5.41, 5.74) is 0.0556. The van der Waals surface area contributed by atoms with Crippen molar-refractivity contribution in [2.45, 2.75) is 50.7 Å². The smallest absolute Gasteiger partial charge is 0.409 e. The van der Waals surface area contributed by atoms with Gasteiger partial charge in [0.25, 0.3) is 0 Å². The molecule has 0 N–H and O–H groups in total. The molecule has 178 valence electrons. The van der Waals surface area contributed by atoms with Crippen molar-refractivity contribution in [2.75, 3.05) is 32.8 Å². The van der Waals surface area contributed by atoms with Crippen molar-refractivity contribution < 1.29 is 18.3 Å². The van der Waals surface area contributed by atoms with Gasteiger partial charge in [0.05, 0.1) is 24.7 Å². The summed E-state index contributed by atoms with van der Waals surface area (Å²) in [6.07, 6.45) is 8.13. The first-order valence-electron chi connectivity index (χ1n) is 11.8. The number of likely N-dealkylation sites (tertiary alicyclic amines) is 2. The van der Waals surface area contributed by atoms with Crippen LogP contribution in [0, 0.1) is 11.2 Å². The molecular weight excluding hydrogens is 428 g/mol. The van der Waals surface area contributed by atoms with Crippen LogP contribution in [0.1, 0.15) is 44.7 Å². The Balaban J connectivity index is 1.24. The van der Waals surface area contributed by atoms with Gasteiger partial charge in [0.1, 0.15) is 5.82 Å². The largest absolute Gasteiger partial charge is 0.450 e. The Hall–Kier alpha value is -2.55. The van der Waals surface area contributed by atoms with Gasteiger partial charge in [0, 0.05) is 62.0 Å². The third-order valence-corrected chi connectivity index (χ3v) is 7.66. The number of alkyl halides is 1. The van der Waals surface area contributed by atoms with Crippen molar-refractivity contribution in [1.82, 2.24) is 24.6 Å². The highest BCUT2D eigenvalue weighted by Crippen LogP contribution is 2.49. The SMILES string of the molecule is CCOC(=O)N1CC2(CC[C@@H](N3CCC(F)(c4ncc(F)cc4-c4cnn(C)c4)CC3)C2)C1. The Kier molecular flexibility index (Phi) is 5.63. The molecule has 1 atom stereocenters. The molecule has 0 radical (unpaired) electrons. The lowest BCUT2D eigenvalue weighted by molar-refractivity contribution is -0.00896. The number of aromatic nitrogens is 3. The molecule has 0 aromatic carbocycles. The third-order valence-electron chi connectivity index (χ3n) is 7.66. The van der Waals surface area contributed by atoms with Crippen LogP contribution in [0.2, 0.25) is 0 Å². The number of hydrogen-bond acceptors (Lipinski definition) is 5. The topological polar surface area (TPSA) is 63.5 Å². The minimum Gasteiger partial charge on any atom is -0.450 e. The predicted molar refractivity (Wildman–Crippen MR) is 119 cm³/mol. The molecule has 1 spiro atoms. The van der Waals surface area contributed by atoms with E-state index in [2.05, 4.69) is 15.0 Å². The Bertz CT molecular complexity index is 1030. The number of piperidine rings is 1. The zero-order chi connectivity index (χ0) is 23.2. The maximum absolute atomic E-state index is 16.2. The normalized spacial score (nSPS) is 24.1. The van der Waals surface area contributed by atoms with E-state index in [0.717, 1.165) is 38.5 Å². The number of pyridine rings is 1. The molecular formula is C24H31F2N5O2. The van der Waals surface area contributed by atoms with Crippen molar-refractivity contribution in [3.05, 3.63) is 36.2 Å². The van der Waals surface area contributed by atoms with Gasteiger partial charge < -0.3 is 14.5 Å². The maximum atomic E-state index is 16.2. The van der Waals surface area contributed by atoms with Crippen molar-refractivity contribution in [3.8, 4) is 11.1 Å². The minimum atomic E-state index is -1.59. The molecule has 2 aromatic rings. The zero-order valence-electron chi connectivity index (χ0n) is 19.3. The number of carbonyl (C=O) groups is 1. The van der Waals surface area contributed by atoms with E-state index in [0.29, 0.717) is 55.4 Å². The first kappa shape index (κ1) is 22.3. The summed E-state index contributed by atoms with van der Waals surface area (Å²) in [4.78, 5) is 20.3. The quantitative estimate of drug-likeness (QED) is 0.694. The fraction of sp³-hybridized carbons (Fsp3) is 0.625. The lowest BCUT2D eigenvalue weighted by atomic mass is 9.78. The molecule has 1 amide bonds. The monoisotopic (exact) mass is 459 g/mol. The van der Waals surface area contributed by atoms with E-state index in [1.54, 1.807) is 29.0 Å².